The van der Waals surface area contributed by atoms with Gasteiger partial charge in [-0.25, -0.2) is 4.98 Å². The first kappa shape index (κ1) is 18.5. The van der Waals surface area contributed by atoms with Gasteiger partial charge in [-0.05, 0) is 19.4 Å². The summed E-state index contributed by atoms with van der Waals surface area (Å²) in [6.07, 6.45) is 4.43. The fourth-order valence-corrected chi connectivity index (χ4v) is 4.48. The number of amides is 2. The molecule has 0 aliphatic carbocycles. The fourth-order valence-electron chi connectivity index (χ4n) is 4.48. The Labute approximate surface area is 163 Å². The SMILES string of the molecule is CCn1cnc(CNC(=O)[C@H]2[C@H]3C[C@H](CN(C(C)=O)C3)c3cccc(=O)n32)c1. The average Bonchev–Trinajstić information content (AvgIpc) is 3.15. The zero-order valence-electron chi connectivity index (χ0n) is 16.2. The summed E-state index contributed by atoms with van der Waals surface area (Å²) < 4.78 is 3.58. The maximum Gasteiger partial charge on any atom is 0.251 e. The van der Waals surface area contributed by atoms with Gasteiger partial charge in [0.25, 0.3) is 5.56 Å². The van der Waals surface area contributed by atoms with Gasteiger partial charge >= 0.3 is 0 Å². The van der Waals surface area contributed by atoms with Gasteiger partial charge in [0.05, 0.1) is 18.6 Å². The smallest absolute Gasteiger partial charge is 0.251 e. The molecule has 148 valence electrons. The molecule has 3 atom stereocenters. The number of rotatable bonds is 4. The molecule has 0 aromatic carbocycles. The van der Waals surface area contributed by atoms with E-state index in [1.807, 2.05) is 23.8 Å². The summed E-state index contributed by atoms with van der Waals surface area (Å²) in [4.78, 5) is 43.8. The van der Waals surface area contributed by atoms with Crippen LogP contribution in [0.3, 0.4) is 0 Å². The number of nitrogens with one attached hydrogen (secondary N) is 1. The molecule has 1 fully saturated rings. The number of nitrogens with zero attached hydrogens (tertiary/aromatic N) is 4. The number of aryl methyl sites for hydroxylation is 1. The highest BCUT2D eigenvalue weighted by Crippen LogP contribution is 2.41. The number of piperidine rings is 1. The summed E-state index contributed by atoms with van der Waals surface area (Å²) in [5.74, 6) is -0.190. The van der Waals surface area contributed by atoms with Crippen LogP contribution in [0, 0.1) is 5.92 Å². The lowest BCUT2D eigenvalue weighted by Crippen LogP contribution is -2.54. The molecule has 0 saturated carbocycles. The minimum atomic E-state index is -0.615. The Balaban J connectivity index is 1.62. The van der Waals surface area contributed by atoms with E-state index >= 15 is 0 Å². The van der Waals surface area contributed by atoms with Crippen LogP contribution in [0.15, 0.2) is 35.5 Å². The summed E-state index contributed by atoms with van der Waals surface area (Å²) in [7, 11) is 0. The predicted octanol–water partition coefficient (Wildman–Crippen LogP) is 0.888. The summed E-state index contributed by atoms with van der Waals surface area (Å²) in [6, 6.07) is 4.51. The second-order valence-corrected chi connectivity index (χ2v) is 7.63. The van der Waals surface area contributed by atoms with Crippen molar-refractivity contribution >= 4 is 11.8 Å². The number of fused-ring (bicyclic) bond motifs is 4. The number of hydrogen-bond acceptors (Lipinski definition) is 4. The normalized spacial score (nSPS) is 23.2. The van der Waals surface area contributed by atoms with Gasteiger partial charge in [-0.1, -0.05) is 6.07 Å². The summed E-state index contributed by atoms with van der Waals surface area (Å²) in [5.41, 5.74) is 1.45. The second-order valence-electron chi connectivity index (χ2n) is 7.63. The number of aromatic nitrogens is 3. The molecule has 28 heavy (non-hydrogen) atoms. The highest BCUT2D eigenvalue weighted by Gasteiger charge is 2.44. The van der Waals surface area contributed by atoms with Crippen molar-refractivity contribution in [3.05, 3.63) is 52.5 Å². The quantitative estimate of drug-likeness (QED) is 0.849. The van der Waals surface area contributed by atoms with E-state index in [2.05, 4.69) is 10.3 Å². The lowest BCUT2D eigenvalue weighted by molar-refractivity contribution is -0.135. The Morgan fingerprint density at radius 2 is 2.11 bits per heavy atom. The molecule has 1 N–H and O–H groups in total. The fraction of sp³-hybridized carbons (Fsp3) is 0.500. The predicted molar refractivity (Wildman–Crippen MR) is 103 cm³/mol. The van der Waals surface area contributed by atoms with Crippen molar-refractivity contribution in [1.29, 1.82) is 0 Å². The summed E-state index contributed by atoms with van der Waals surface area (Å²) in [5, 5.41) is 2.94. The molecule has 2 aliphatic rings. The van der Waals surface area contributed by atoms with Gasteiger partial charge in [0.15, 0.2) is 0 Å². The van der Waals surface area contributed by atoms with Crippen LogP contribution in [0.25, 0.3) is 0 Å². The minimum absolute atomic E-state index is 0.00527. The van der Waals surface area contributed by atoms with Gasteiger partial charge in [0, 0.05) is 56.4 Å². The van der Waals surface area contributed by atoms with Crippen LogP contribution >= 0.6 is 0 Å². The van der Waals surface area contributed by atoms with E-state index in [9.17, 15) is 14.4 Å². The van der Waals surface area contributed by atoms with E-state index in [0.29, 0.717) is 19.6 Å². The lowest BCUT2D eigenvalue weighted by Gasteiger charge is -2.46. The zero-order valence-corrected chi connectivity index (χ0v) is 16.2. The van der Waals surface area contributed by atoms with Crippen molar-refractivity contribution in [3.8, 4) is 0 Å². The van der Waals surface area contributed by atoms with Crippen molar-refractivity contribution in [3.63, 3.8) is 0 Å². The molecular weight excluding hydrogens is 358 g/mol. The van der Waals surface area contributed by atoms with Crippen LogP contribution in [-0.2, 0) is 22.7 Å². The van der Waals surface area contributed by atoms with Gasteiger partial charge in [-0.2, -0.15) is 0 Å². The lowest BCUT2D eigenvalue weighted by atomic mass is 9.78. The molecule has 0 spiro atoms. The Morgan fingerprint density at radius 3 is 2.82 bits per heavy atom. The van der Waals surface area contributed by atoms with E-state index in [1.54, 1.807) is 28.8 Å². The largest absolute Gasteiger partial charge is 0.349 e. The van der Waals surface area contributed by atoms with Crippen molar-refractivity contribution in [2.75, 3.05) is 13.1 Å². The maximum absolute atomic E-state index is 13.1. The molecule has 2 amide bonds. The second kappa shape index (κ2) is 7.26. The standard InChI is InChI=1S/C20H25N5O3/c1-3-23-11-16(22-12-23)8-21-20(28)19-15-7-14(9-24(10-15)13(2)26)17-5-4-6-18(27)25(17)19/h4-6,11-12,14-15,19H,3,7-10H2,1-2H3,(H,21,28)/t14-,15+,19-/m1/s1. The van der Waals surface area contributed by atoms with Crippen molar-refractivity contribution < 1.29 is 9.59 Å². The molecular formula is C20H25N5O3. The monoisotopic (exact) mass is 383 g/mol. The van der Waals surface area contributed by atoms with E-state index < -0.39 is 6.04 Å². The number of carbonyl (C=O) groups excluding carboxylic acids is 2. The van der Waals surface area contributed by atoms with Crippen LogP contribution in [0.5, 0.6) is 0 Å². The molecule has 8 heteroatoms. The molecule has 8 nitrogen and oxygen atoms in total. The molecule has 2 bridgehead atoms. The number of imidazole rings is 1. The molecule has 2 aliphatic heterocycles. The zero-order chi connectivity index (χ0) is 19.8. The van der Waals surface area contributed by atoms with Gasteiger partial charge in [0.1, 0.15) is 6.04 Å². The van der Waals surface area contributed by atoms with Gasteiger partial charge < -0.3 is 14.8 Å². The van der Waals surface area contributed by atoms with Crippen molar-refractivity contribution in [1.82, 2.24) is 24.3 Å². The van der Waals surface area contributed by atoms with Crippen LogP contribution < -0.4 is 10.9 Å². The Hall–Kier alpha value is -2.90. The highest BCUT2D eigenvalue weighted by molar-refractivity contribution is 5.81. The van der Waals surface area contributed by atoms with E-state index in [-0.39, 0.29) is 29.2 Å². The summed E-state index contributed by atoms with van der Waals surface area (Å²) in [6.45, 7) is 5.80. The van der Waals surface area contributed by atoms with Crippen LogP contribution in [0.2, 0.25) is 0 Å². The van der Waals surface area contributed by atoms with Gasteiger partial charge in [-0.3, -0.25) is 19.0 Å². The first-order valence-corrected chi connectivity index (χ1v) is 9.73. The first-order valence-electron chi connectivity index (χ1n) is 9.73. The Bertz CT molecular complexity index is 963. The van der Waals surface area contributed by atoms with Crippen molar-refractivity contribution in [2.24, 2.45) is 5.92 Å². The minimum Gasteiger partial charge on any atom is -0.349 e. The molecule has 4 heterocycles. The van der Waals surface area contributed by atoms with Crippen LogP contribution in [-0.4, -0.2) is 43.9 Å². The topological polar surface area (TPSA) is 89.2 Å². The number of carbonyl (C=O) groups is 2. The van der Waals surface area contributed by atoms with Crippen LogP contribution in [0.1, 0.15) is 43.6 Å². The van der Waals surface area contributed by atoms with Crippen LogP contribution in [0.4, 0.5) is 0 Å². The van der Waals surface area contributed by atoms with E-state index in [1.165, 1.54) is 6.07 Å². The van der Waals surface area contributed by atoms with E-state index in [0.717, 1.165) is 24.4 Å². The third-order valence-electron chi connectivity index (χ3n) is 5.86. The Morgan fingerprint density at radius 1 is 1.29 bits per heavy atom. The van der Waals surface area contributed by atoms with Gasteiger partial charge in [0.2, 0.25) is 11.8 Å². The molecule has 4 rings (SSSR count). The molecule has 0 unspecified atom stereocenters. The third kappa shape index (κ3) is 3.23. The average molecular weight is 383 g/mol. The molecule has 2 aromatic heterocycles. The molecule has 2 aromatic rings. The van der Waals surface area contributed by atoms with Crippen molar-refractivity contribution in [2.45, 2.75) is 45.3 Å². The summed E-state index contributed by atoms with van der Waals surface area (Å²) >= 11 is 0. The third-order valence-corrected chi connectivity index (χ3v) is 5.86. The van der Waals surface area contributed by atoms with E-state index in [4.69, 9.17) is 0 Å². The highest BCUT2D eigenvalue weighted by atomic mass is 16.2. The number of hydrogen-bond donors (Lipinski definition) is 1. The maximum atomic E-state index is 13.1. The molecule has 0 radical (unpaired) electrons. The number of likely N-dealkylation sites (tertiary alicyclic amines) is 1. The van der Waals surface area contributed by atoms with Gasteiger partial charge in [-0.15, -0.1) is 0 Å². The number of pyridine rings is 1. The Kier molecular flexibility index (Phi) is 4.78. The molecule has 1 saturated heterocycles. The first-order chi connectivity index (χ1) is 13.5.